The molecule has 3 nitrogen and oxygen atoms in total. The van der Waals surface area contributed by atoms with Gasteiger partial charge in [-0.05, 0) is 43.9 Å². The first kappa shape index (κ1) is 13.9. The number of benzene rings is 1. The molecule has 0 bridgehead atoms. The normalized spacial score (nSPS) is 26.3. The molecule has 0 aromatic heterocycles. The molecule has 1 fully saturated rings. The van der Waals surface area contributed by atoms with Crippen LogP contribution >= 0.6 is 11.6 Å². The van der Waals surface area contributed by atoms with Crippen LogP contribution in [0.25, 0.3) is 0 Å². The second kappa shape index (κ2) is 5.64. The van der Waals surface area contributed by atoms with Crippen LogP contribution in [0, 0.1) is 17.8 Å². The smallest absolute Gasteiger partial charge is 0.220 e. The number of hydrogen-bond donors (Lipinski definition) is 2. The quantitative estimate of drug-likeness (QED) is 0.772. The van der Waals surface area contributed by atoms with E-state index in [1.165, 1.54) is 0 Å². The van der Waals surface area contributed by atoms with Crippen molar-refractivity contribution < 1.29 is 9.90 Å². The zero-order valence-corrected chi connectivity index (χ0v) is 11.3. The van der Waals surface area contributed by atoms with Gasteiger partial charge in [0.05, 0.1) is 0 Å². The van der Waals surface area contributed by atoms with E-state index in [-0.39, 0.29) is 11.8 Å². The van der Waals surface area contributed by atoms with Gasteiger partial charge in [0.1, 0.15) is 5.60 Å². The van der Waals surface area contributed by atoms with E-state index in [1.807, 2.05) is 12.1 Å². The van der Waals surface area contributed by atoms with Crippen LogP contribution in [0.1, 0.15) is 31.2 Å². The van der Waals surface area contributed by atoms with Gasteiger partial charge in [-0.15, -0.1) is 0 Å². The molecule has 0 spiro atoms. The van der Waals surface area contributed by atoms with Crippen molar-refractivity contribution in [1.82, 2.24) is 0 Å². The third-order valence-corrected chi connectivity index (χ3v) is 3.63. The predicted molar refractivity (Wildman–Crippen MR) is 74.4 cm³/mol. The van der Waals surface area contributed by atoms with Gasteiger partial charge >= 0.3 is 0 Å². The summed E-state index contributed by atoms with van der Waals surface area (Å²) in [6.45, 7) is 0. The lowest BCUT2D eigenvalue weighted by Crippen LogP contribution is -2.38. The summed E-state index contributed by atoms with van der Waals surface area (Å²) in [5.41, 5.74) is 4.93. The molecule has 100 valence electrons. The van der Waals surface area contributed by atoms with Gasteiger partial charge < -0.3 is 10.8 Å². The first-order valence-electron chi connectivity index (χ1n) is 6.29. The highest BCUT2D eigenvalue weighted by Crippen LogP contribution is 2.31. The van der Waals surface area contributed by atoms with E-state index in [2.05, 4.69) is 11.8 Å². The first-order valence-corrected chi connectivity index (χ1v) is 6.67. The van der Waals surface area contributed by atoms with Crippen molar-refractivity contribution in [3.05, 3.63) is 34.9 Å². The Labute approximate surface area is 117 Å². The fraction of sp³-hybridized carbons (Fsp3) is 0.400. The van der Waals surface area contributed by atoms with E-state index >= 15 is 0 Å². The topological polar surface area (TPSA) is 63.3 Å². The summed E-state index contributed by atoms with van der Waals surface area (Å²) in [5, 5.41) is 11.0. The van der Waals surface area contributed by atoms with Gasteiger partial charge in [-0.1, -0.05) is 29.5 Å². The maximum absolute atomic E-state index is 11.2. The number of primary amides is 1. The molecule has 2 atom stereocenters. The molecule has 3 N–H and O–H groups in total. The Kier molecular flexibility index (Phi) is 4.14. The van der Waals surface area contributed by atoms with Gasteiger partial charge in [0.15, 0.2) is 0 Å². The lowest BCUT2D eigenvalue weighted by molar-refractivity contribution is -0.125. The molecule has 0 radical (unpaired) electrons. The van der Waals surface area contributed by atoms with Gasteiger partial charge in [-0.3, -0.25) is 4.79 Å². The number of nitrogens with two attached hydrogens (primary N) is 1. The van der Waals surface area contributed by atoms with Crippen LogP contribution in [-0.4, -0.2) is 16.6 Å². The minimum atomic E-state index is -1.12. The summed E-state index contributed by atoms with van der Waals surface area (Å²) in [6.07, 6.45) is 2.38. The van der Waals surface area contributed by atoms with Crippen LogP contribution in [0.5, 0.6) is 0 Å². The molecule has 1 aromatic carbocycles. The molecule has 1 saturated carbocycles. The summed E-state index contributed by atoms with van der Waals surface area (Å²) in [5.74, 6) is 5.14. The Morgan fingerprint density at radius 2 is 2.32 bits per heavy atom. The standard InChI is InChI=1S/C15H16ClNO2/c16-13-5-1-3-11(9-13)6-8-15(19)7-2-4-12(10-15)14(17)18/h1,3,5,9,12,19H,2,4,7,10H2,(H2,17,18)/t12-,15+/m0/s1. The molecular formula is C15H16ClNO2. The minimum Gasteiger partial charge on any atom is -0.378 e. The van der Waals surface area contributed by atoms with E-state index < -0.39 is 5.60 Å². The number of carbonyl (C=O) groups is 1. The van der Waals surface area contributed by atoms with Crippen LogP contribution in [0.2, 0.25) is 5.02 Å². The van der Waals surface area contributed by atoms with E-state index in [9.17, 15) is 9.90 Å². The Bertz CT molecular complexity index is 547. The van der Waals surface area contributed by atoms with Crippen LogP contribution < -0.4 is 5.73 Å². The molecule has 19 heavy (non-hydrogen) atoms. The average molecular weight is 278 g/mol. The van der Waals surface area contributed by atoms with E-state index in [4.69, 9.17) is 17.3 Å². The van der Waals surface area contributed by atoms with E-state index in [0.717, 1.165) is 18.4 Å². The molecule has 1 aliphatic rings. The molecule has 1 amide bonds. The van der Waals surface area contributed by atoms with Crippen LogP contribution in [-0.2, 0) is 4.79 Å². The average Bonchev–Trinajstić information content (AvgIpc) is 2.37. The fourth-order valence-corrected chi connectivity index (χ4v) is 2.55. The van der Waals surface area contributed by atoms with Crippen LogP contribution in [0.3, 0.4) is 0 Å². The molecule has 0 aliphatic heterocycles. The Hall–Kier alpha value is -1.50. The minimum absolute atomic E-state index is 0.285. The number of rotatable bonds is 1. The molecule has 4 heteroatoms. The largest absolute Gasteiger partial charge is 0.378 e. The van der Waals surface area contributed by atoms with Crippen molar-refractivity contribution in [3.63, 3.8) is 0 Å². The first-order chi connectivity index (χ1) is 8.98. The lowest BCUT2D eigenvalue weighted by Gasteiger charge is -2.31. The van der Waals surface area contributed by atoms with Crippen molar-refractivity contribution in [3.8, 4) is 11.8 Å². The van der Waals surface area contributed by atoms with Gasteiger partial charge in [0.25, 0.3) is 0 Å². The van der Waals surface area contributed by atoms with Crippen molar-refractivity contribution in [2.24, 2.45) is 11.7 Å². The number of amides is 1. The fourth-order valence-electron chi connectivity index (χ4n) is 2.36. The van der Waals surface area contributed by atoms with Crippen molar-refractivity contribution in [2.45, 2.75) is 31.3 Å². The second-order valence-electron chi connectivity index (χ2n) is 4.99. The van der Waals surface area contributed by atoms with Crippen molar-refractivity contribution in [2.75, 3.05) is 0 Å². The van der Waals surface area contributed by atoms with Gasteiger partial charge in [0, 0.05) is 16.5 Å². The number of carbonyl (C=O) groups excluding carboxylic acids is 1. The second-order valence-corrected chi connectivity index (χ2v) is 5.42. The molecule has 1 aromatic rings. The van der Waals surface area contributed by atoms with Gasteiger partial charge in [-0.2, -0.15) is 0 Å². The summed E-state index contributed by atoms with van der Waals surface area (Å²) in [6, 6.07) is 7.15. The highest BCUT2D eigenvalue weighted by molar-refractivity contribution is 6.30. The molecule has 1 aliphatic carbocycles. The summed E-state index contributed by atoms with van der Waals surface area (Å²) >= 11 is 5.87. The van der Waals surface area contributed by atoms with Gasteiger partial charge in [0.2, 0.25) is 5.91 Å². The van der Waals surface area contributed by atoms with Crippen molar-refractivity contribution in [1.29, 1.82) is 0 Å². The maximum atomic E-state index is 11.2. The summed E-state index contributed by atoms with van der Waals surface area (Å²) < 4.78 is 0. The Balaban J connectivity index is 2.15. The SMILES string of the molecule is NC(=O)[C@H]1CCC[C@@](O)(C#Cc2cccc(Cl)c2)C1. The number of aliphatic hydroxyl groups is 1. The Morgan fingerprint density at radius 1 is 1.53 bits per heavy atom. The van der Waals surface area contributed by atoms with E-state index in [0.29, 0.717) is 17.9 Å². The maximum Gasteiger partial charge on any atom is 0.220 e. The summed E-state index contributed by atoms with van der Waals surface area (Å²) in [4.78, 5) is 11.2. The molecule has 2 rings (SSSR count). The zero-order valence-electron chi connectivity index (χ0n) is 10.5. The highest BCUT2D eigenvalue weighted by atomic mass is 35.5. The molecule has 0 saturated heterocycles. The monoisotopic (exact) mass is 277 g/mol. The molecule has 0 heterocycles. The van der Waals surface area contributed by atoms with Crippen molar-refractivity contribution >= 4 is 17.5 Å². The Morgan fingerprint density at radius 3 is 3.00 bits per heavy atom. The summed E-state index contributed by atoms with van der Waals surface area (Å²) in [7, 11) is 0. The van der Waals surface area contributed by atoms with Crippen LogP contribution in [0.15, 0.2) is 24.3 Å². The predicted octanol–water partition coefficient (Wildman–Crippen LogP) is 2.10. The third kappa shape index (κ3) is 3.73. The van der Waals surface area contributed by atoms with Crippen LogP contribution in [0.4, 0.5) is 0 Å². The highest BCUT2D eigenvalue weighted by Gasteiger charge is 2.35. The number of halogens is 1. The van der Waals surface area contributed by atoms with Gasteiger partial charge in [-0.25, -0.2) is 0 Å². The third-order valence-electron chi connectivity index (χ3n) is 3.39. The zero-order chi connectivity index (χ0) is 13.9. The lowest BCUT2D eigenvalue weighted by atomic mass is 9.78. The molecule has 0 unspecified atom stereocenters. The number of hydrogen-bond acceptors (Lipinski definition) is 2. The molecular weight excluding hydrogens is 262 g/mol. The van der Waals surface area contributed by atoms with E-state index in [1.54, 1.807) is 12.1 Å².